The molecule has 0 saturated carbocycles. The Balaban J connectivity index is 1.40. The van der Waals surface area contributed by atoms with E-state index in [1.807, 2.05) is 0 Å². The first-order chi connectivity index (χ1) is 25.5. The molecule has 0 radical (unpaired) electrons. The Hall–Kier alpha value is -6.07. The van der Waals surface area contributed by atoms with Crippen LogP contribution in [0.5, 0.6) is 0 Å². The number of fused-ring (bicyclic) bond motifs is 6. The molecule has 3 aromatic heterocycles. The zero-order valence-corrected chi connectivity index (χ0v) is 22.7. The summed E-state index contributed by atoms with van der Waals surface area (Å²) >= 11 is 0. The predicted molar refractivity (Wildman–Crippen MR) is 176 cm³/mol. The molecule has 5 heteroatoms. The van der Waals surface area contributed by atoms with Gasteiger partial charge < -0.3 is 8.83 Å². The van der Waals surface area contributed by atoms with Crippen molar-refractivity contribution in [1.82, 2.24) is 15.0 Å². The number of benzene rings is 6. The first-order valence-electron chi connectivity index (χ1n) is 18.3. The lowest BCUT2D eigenvalue weighted by atomic mass is 9.95. The summed E-state index contributed by atoms with van der Waals surface area (Å²) in [6, 6.07) is 21.4. The van der Waals surface area contributed by atoms with Gasteiger partial charge in [-0.15, -0.1) is 0 Å². The largest absolute Gasteiger partial charge is 0.456 e. The third kappa shape index (κ3) is 3.83. The van der Waals surface area contributed by atoms with Gasteiger partial charge in [-0.05, 0) is 35.4 Å². The van der Waals surface area contributed by atoms with Gasteiger partial charge in [-0.2, -0.15) is 0 Å². The number of aromatic nitrogens is 3. The van der Waals surface area contributed by atoms with E-state index in [-0.39, 0.29) is 52.8 Å². The maximum absolute atomic E-state index is 9.09. The number of rotatable bonds is 4. The molecular weight excluding hydrogens is 542 g/mol. The van der Waals surface area contributed by atoms with Crippen molar-refractivity contribution < 1.29 is 21.2 Å². The van der Waals surface area contributed by atoms with Gasteiger partial charge in [0, 0.05) is 38.2 Å². The Labute approximate surface area is 264 Å². The number of furan rings is 2. The molecule has 0 fully saturated rings. The van der Waals surface area contributed by atoms with Crippen LogP contribution in [0, 0.1) is 0 Å². The third-order valence-corrected chi connectivity index (χ3v) is 7.56. The smallest absolute Gasteiger partial charge is 0.164 e. The number of hydrogen-bond donors (Lipinski definition) is 0. The fraction of sp³-hybridized carbons (Fsp3) is 0. The molecule has 0 N–H and O–H groups in total. The molecule has 0 spiro atoms. The average Bonchev–Trinajstić information content (AvgIpc) is 3.70. The lowest BCUT2D eigenvalue weighted by Crippen LogP contribution is -2.01. The maximum Gasteiger partial charge on any atom is 0.164 e. The maximum atomic E-state index is 9.09. The summed E-state index contributed by atoms with van der Waals surface area (Å²) in [4.78, 5) is 14.3. The number of hydrogen-bond acceptors (Lipinski definition) is 5. The summed E-state index contributed by atoms with van der Waals surface area (Å²) < 4.78 is 89.5. The van der Waals surface area contributed by atoms with Crippen molar-refractivity contribution in [2.24, 2.45) is 0 Å². The summed E-state index contributed by atoms with van der Waals surface area (Å²) in [5.74, 6) is -0.209. The van der Waals surface area contributed by atoms with Crippen LogP contribution in [-0.4, -0.2) is 15.0 Å². The van der Waals surface area contributed by atoms with Crippen molar-refractivity contribution in [3.05, 3.63) is 139 Å². The van der Waals surface area contributed by atoms with Gasteiger partial charge in [0.2, 0.25) is 0 Å². The van der Waals surface area contributed by atoms with Crippen LogP contribution in [-0.2, 0) is 0 Å². The van der Waals surface area contributed by atoms with E-state index in [2.05, 4.69) is 0 Å². The minimum atomic E-state index is -0.572. The number of nitrogens with zero attached hydrogens (tertiary/aromatic N) is 3. The van der Waals surface area contributed by atoms with Crippen LogP contribution in [0.4, 0.5) is 0 Å². The van der Waals surface area contributed by atoms with E-state index in [9.17, 15) is 0 Å². The Morgan fingerprint density at radius 3 is 1.64 bits per heavy atom. The van der Waals surface area contributed by atoms with E-state index in [0.29, 0.717) is 60.6 Å². The molecule has 9 aromatic rings. The lowest BCUT2D eigenvalue weighted by molar-refractivity contribution is 0.668. The first-order valence-corrected chi connectivity index (χ1v) is 13.8. The Bertz CT molecular complexity index is 3000. The topological polar surface area (TPSA) is 65.0 Å². The van der Waals surface area contributed by atoms with Crippen LogP contribution in [0.2, 0.25) is 0 Å². The second kappa shape index (κ2) is 9.75. The van der Waals surface area contributed by atoms with E-state index in [1.54, 1.807) is 78.9 Å². The van der Waals surface area contributed by atoms with Gasteiger partial charge in [0.1, 0.15) is 22.3 Å². The highest BCUT2D eigenvalue weighted by Gasteiger charge is 2.20. The molecule has 0 aliphatic carbocycles. The Kier molecular flexibility index (Phi) is 3.80. The quantitative estimate of drug-likeness (QED) is 0.209. The average molecular weight is 575 g/mol. The highest BCUT2D eigenvalue weighted by molar-refractivity contribution is 6.14. The molecule has 0 bridgehead atoms. The number of para-hydroxylation sites is 2. The van der Waals surface area contributed by atoms with E-state index in [4.69, 9.17) is 36.1 Å². The van der Waals surface area contributed by atoms with Crippen LogP contribution in [0.15, 0.2) is 148 Å². The van der Waals surface area contributed by atoms with E-state index in [0.717, 1.165) is 0 Å². The standard InChI is InChI=1S/C39H23N3O2/c1-2-12-24(13-3-1)37-40-38(42-39(41-37)30-19-11-23-34-36(30)29-17-7-9-21-32(29)44-34)27-15-5-4-14-25(27)26-18-10-22-33-35(26)28-16-6-8-20-31(28)43-33/h1-23H/i1D,2D,3D,6D,7D,12D,13D,18D,19D. The van der Waals surface area contributed by atoms with Gasteiger partial charge in [-0.1, -0.05) is 115 Å². The highest BCUT2D eigenvalue weighted by atomic mass is 16.3. The van der Waals surface area contributed by atoms with Crippen molar-refractivity contribution in [3.8, 4) is 45.3 Å². The first kappa shape index (κ1) is 17.1. The summed E-state index contributed by atoms with van der Waals surface area (Å²) in [6.07, 6.45) is 0. The van der Waals surface area contributed by atoms with Crippen molar-refractivity contribution in [2.75, 3.05) is 0 Å². The van der Waals surface area contributed by atoms with E-state index >= 15 is 0 Å². The zero-order chi connectivity index (χ0) is 36.9. The second-order valence-corrected chi connectivity index (χ2v) is 10.1. The molecule has 5 nitrogen and oxygen atoms in total. The normalized spacial score (nSPS) is 14.5. The molecule has 0 unspecified atom stereocenters. The van der Waals surface area contributed by atoms with Crippen LogP contribution in [0.3, 0.4) is 0 Å². The fourth-order valence-electron chi connectivity index (χ4n) is 5.67. The molecule has 0 atom stereocenters. The zero-order valence-electron chi connectivity index (χ0n) is 31.7. The molecule has 3 heterocycles. The molecule has 9 rings (SSSR count). The minimum absolute atomic E-state index is 0.0160. The monoisotopic (exact) mass is 574 g/mol. The summed E-state index contributed by atoms with van der Waals surface area (Å²) in [6.45, 7) is 0. The fourth-order valence-corrected chi connectivity index (χ4v) is 5.67. The van der Waals surface area contributed by atoms with Gasteiger partial charge in [0.25, 0.3) is 0 Å². The summed E-state index contributed by atoms with van der Waals surface area (Å²) in [5.41, 5.74) is 3.36. The molecule has 44 heavy (non-hydrogen) atoms. The van der Waals surface area contributed by atoms with E-state index < -0.39 is 30.2 Å². The SMILES string of the molecule is [2H]c1ccc2oc3ccc([2H])c(-c4nc(-c5ccccc5-c5c([2H])ccc6oc7ccc([2H])cc7c56)nc(-c5c([2H])c([2H])c([2H])c([2H])c5[2H])n4)c3c2c1. The van der Waals surface area contributed by atoms with E-state index in [1.165, 1.54) is 6.07 Å². The molecule has 0 saturated heterocycles. The molecule has 206 valence electrons. The van der Waals surface area contributed by atoms with Crippen LogP contribution < -0.4 is 0 Å². The summed E-state index contributed by atoms with van der Waals surface area (Å²) in [5, 5.41) is 2.28. The van der Waals surface area contributed by atoms with Crippen molar-refractivity contribution >= 4 is 43.9 Å². The Morgan fingerprint density at radius 2 is 0.955 bits per heavy atom. The molecule has 6 aromatic carbocycles. The van der Waals surface area contributed by atoms with Gasteiger partial charge in [0.05, 0.1) is 12.3 Å². The molecule has 0 aliphatic heterocycles. The van der Waals surface area contributed by atoms with Gasteiger partial charge in [-0.3, -0.25) is 0 Å². The molecule has 0 aliphatic rings. The molecular formula is C39H23N3O2. The third-order valence-electron chi connectivity index (χ3n) is 7.56. The van der Waals surface area contributed by atoms with Crippen molar-refractivity contribution in [1.29, 1.82) is 0 Å². The predicted octanol–water partition coefficient (Wildman–Crippen LogP) is 10.3. The van der Waals surface area contributed by atoms with Crippen LogP contribution in [0.25, 0.3) is 89.2 Å². The highest BCUT2D eigenvalue weighted by Crippen LogP contribution is 2.41. The van der Waals surface area contributed by atoms with Crippen molar-refractivity contribution in [3.63, 3.8) is 0 Å². The second-order valence-electron chi connectivity index (χ2n) is 10.1. The van der Waals surface area contributed by atoms with Crippen LogP contribution in [0.1, 0.15) is 12.3 Å². The van der Waals surface area contributed by atoms with Crippen LogP contribution >= 0.6 is 0 Å². The van der Waals surface area contributed by atoms with Gasteiger partial charge in [-0.25, -0.2) is 15.0 Å². The van der Waals surface area contributed by atoms with Crippen molar-refractivity contribution in [2.45, 2.75) is 0 Å². The van der Waals surface area contributed by atoms with Gasteiger partial charge >= 0.3 is 0 Å². The Morgan fingerprint density at radius 1 is 0.409 bits per heavy atom. The lowest BCUT2D eigenvalue weighted by Gasteiger charge is -2.13. The summed E-state index contributed by atoms with van der Waals surface area (Å²) in [7, 11) is 0. The minimum Gasteiger partial charge on any atom is -0.456 e. The molecule has 0 amide bonds. The van der Waals surface area contributed by atoms with Gasteiger partial charge in [0.15, 0.2) is 17.5 Å².